The lowest BCUT2D eigenvalue weighted by Crippen LogP contribution is -2.22. The summed E-state index contributed by atoms with van der Waals surface area (Å²) in [6.45, 7) is 3.01. The first-order valence-electron chi connectivity index (χ1n) is 6.84. The van der Waals surface area contributed by atoms with Crippen LogP contribution >= 0.6 is 31.9 Å². The van der Waals surface area contributed by atoms with Gasteiger partial charge in [-0.2, -0.15) is 5.10 Å². The lowest BCUT2D eigenvalue weighted by Gasteiger charge is -2.21. The third kappa shape index (κ3) is 3.49. The van der Waals surface area contributed by atoms with Crippen molar-refractivity contribution in [1.29, 1.82) is 0 Å². The number of hydrogen-bond donors (Lipinski definition) is 1. The molecule has 21 heavy (non-hydrogen) atoms. The Kier molecular flexibility index (Phi) is 5.84. The average Bonchev–Trinajstić information content (AvgIpc) is 2.85. The molecule has 2 aromatic rings. The Labute approximate surface area is 142 Å². The summed E-state index contributed by atoms with van der Waals surface area (Å²) >= 11 is 7.13. The van der Waals surface area contributed by atoms with Crippen LogP contribution in [0.1, 0.15) is 30.6 Å². The number of methoxy groups -OCH3 is 1. The highest BCUT2D eigenvalue weighted by molar-refractivity contribution is 9.11. The van der Waals surface area contributed by atoms with E-state index in [4.69, 9.17) is 4.74 Å². The Hall–Kier alpha value is -0.850. The number of hydrogen-bond acceptors (Lipinski definition) is 3. The predicted octanol–water partition coefficient (Wildman–Crippen LogP) is 4.14. The zero-order valence-corrected chi connectivity index (χ0v) is 15.5. The van der Waals surface area contributed by atoms with Crippen LogP contribution in [-0.2, 0) is 6.54 Å². The summed E-state index contributed by atoms with van der Waals surface area (Å²) in [6, 6.07) is 6.19. The minimum atomic E-state index is 0.0106. The number of benzene rings is 1. The van der Waals surface area contributed by atoms with Crippen molar-refractivity contribution < 1.29 is 4.74 Å². The van der Waals surface area contributed by atoms with Crippen molar-refractivity contribution >= 4 is 31.9 Å². The van der Waals surface area contributed by atoms with Gasteiger partial charge in [-0.15, -0.1) is 0 Å². The third-order valence-corrected chi connectivity index (χ3v) is 4.52. The van der Waals surface area contributed by atoms with E-state index in [0.29, 0.717) is 0 Å². The second-order valence-electron chi connectivity index (χ2n) is 4.71. The molecular weight excluding hydrogens is 398 g/mol. The summed E-state index contributed by atoms with van der Waals surface area (Å²) < 4.78 is 9.59. The van der Waals surface area contributed by atoms with Crippen LogP contribution in [0.2, 0.25) is 0 Å². The molecular formula is C15H19Br2N3O. The van der Waals surface area contributed by atoms with Crippen LogP contribution in [0.4, 0.5) is 0 Å². The molecule has 0 bridgehead atoms. The fourth-order valence-electron chi connectivity index (χ4n) is 2.39. The molecule has 0 fully saturated rings. The van der Waals surface area contributed by atoms with Crippen molar-refractivity contribution in [1.82, 2.24) is 15.1 Å². The van der Waals surface area contributed by atoms with Gasteiger partial charge >= 0.3 is 0 Å². The van der Waals surface area contributed by atoms with E-state index < -0.39 is 0 Å². The number of rotatable bonds is 6. The molecule has 0 aliphatic carbocycles. The van der Waals surface area contributed by atoms with Crippen LogP contribution in [0.5, 0.6) is 5.75 Å². The van der Waals surface area contributed by atoms with E-state index in [-0.39, 0.29) is 6.04 Å². The van der Waals surface area contributed by atoms with Gasteiger partial charge < -0.3 is 10.1 Å². The van der Waals surface area contributed by atoms with E-state index in [2.05, 4.69) is 55.3 Å². The standard InChI is InChI=1S/C15H19Br2N3O/c1-4-7-20-15(13(21-3)9-19-20)14(18-2)11-6-5-10(16)8-12(11)17/h5-6,8-9,14,18H,4,7H2,1-3H3. The van der Waals surface area contributed by atoms with Crippen LogP contribution in [0.15, 0.2) is 33.3 Å². The van der Waals surface area contributed by atoms with Gasteiger partial charge in [-0.1, -0.05) is 44.8 Å². The van der Waals surface area contributed by atoms with Crippen LogP contribution in [0.3, 0.4) is 0 Å². The zero-order valence-electron chi connectivity index (χ0n) is 12.4. The molecule has 114 valence electrons. The largest absolute Gasteiger partial charge is 0.493 e. The Bertz CT molecular complexity index is 613. The fourth-order valence-corrected chi connectivity index (χ4v) is 3.67. The van der Waals surface area contributed by atoms with Gasteiger partial charge in [0.05, 0.1) is 19.3 Å². The first kappa shape index (κ1) is 16.5. The lowest BCUT2D eigenvalue weighted by atomic mass is 10.0. The molecule has 2 rings (SSSR count). The molecule has 4 nitrogen and oxygen atoms in total. The quantitative estimate of drug-likeness (QED) is 0.769. The van der Waals surface area contributed by atoms with Gasteiger partial charge in [0, 0.05) is 15.5 Å². The fraction of sp³-hybridized carbons (Fsp3) is 0.400. The summed E-state index contributed by atoms with van der Waals surface area (Å²) in [4.78, 5) is 0. The smallest absolute Gasteiger partial charge is 0.161 e. The van der Waals surface area contributed by atoms with E-state index >= 15 is 0 Å². The van der Waals surface area contributed by atoms with Crippen LogP contribution in [-0.4, -0.2) is 23.9 Å². The molecule has 1 atom stereocenters. The molecule has 1 N–H and O–H groups in total. The molecule has 1 aromatic carbocycles. The SMILES string of the molecule is CCCn1ncc(OC)c1C(NC)c1ccc(Br)cc1Br. The first-order chi connectivity index (χ1) is 10.1. The Morgan fingerprint density at radius 3 is 2.71 bits per heavy atom. The van der Waals surface area contributed by atoms with Gasteiger partial charge in [0.1, 0.15) is 5.69 Å². The van der Waals surface area contributed by atoms with Gasteiger partial charge in [0.25, 0.3) is 0 Å². The van der Waals surface area contributed by atoms with Crippen LogP contribution in [0.25, 0.3) is 0 Å². The first-order valence-corrected chi connectivity index (χ1v) is 8.42. The molecule has 1 unspecified atom stereocenters. The Balaban J connectivity index is 2.52. The highest BCUT2D eigenvalue weighted by Gasteiger charge is 2.23. The van der Waals surface area contributed by atoms with Crippen molar-refractivity contribution in [3.05, 3.63) is 44.6 Å². The normalized spacial score (nSPS) is 12.4. The van der Waals surface area contributed by atoms with Gasteiger partial charge in [-0.25, -0.2) is 0 Å². The number of ether oxygens (including phenoxy) is 1. The number of nitrogens with zero attached hydrogens (tertiary/aromatic N) is 2. The van der Waals surface area contributed by atoms with E-state index in [1.165, 1.54) is 0 Å². The Morgan fingerprint density at radius 2 is 2.14 bits per heavy atom. The Morgan fingerprint density at radius 1 is 1.38 bits per heavy atom. The topological polar surface area (TPSA) is 39.1 Å². The molecule has 0 amide bonds. The molecule has 0 saturated carbocycles. The second kappa shape index (κ2) is 7.42. The van der Waals surface area contributed by atoms with Gasteiger partial charge in [0.15, 0.2) is 5.75 Å². The number of nitrogens with one attached hydrogen (secondary N) is 1. The molecule has 6 heteroatoms. The van der Waals surface area contributed by atoms with Crippen molar-refractivity contribution in [2.24, 2.45) is 0 Å². The number of halogens is 2. The number of aromatic nitrogens is 2. The van der Waals surface area contributed by atoms with E-state index in [0.717, 1.165) is 38.9 Å². The molecule has 0 spiro atoms. The maximum Gasteiger partial charge on any atom is 0.161 e. The molecule has 0 aliphatic heterocycles. The van der Waals surface area contributed by atoms with E-state index in [1.54, 1.807) is 13.3 Å². The minimum absolute atomic E-state index is 0.0106. The lowest BCUT2D eigenvalue weighted by molar-refractivity contribution is 0.400. The minimum Gasteiger partial charge on any atom is -0.493 e. The van der Waals surface area contributed by atoms with E-state index in [1.807, 2.05) is 23.9 Å². The zero-order chi connectivity index (χ0) is 15.4. The maximum absolute atomic E-state index is 5.49. The summed E-state index contributed by atoms with van der Waals surface area (Å²) in [6.07, 6.45) is 2.80. The molecule has 0 radical (unpaired) electrons. The van der Waals surface area contributed by atoms with Crippen molar-refractivity contribution in [2.75, 3.05) is 14.2 Å². The number of aryl methyl sites for hydroxylation is 1. The van der Waals surface area contributed by atoms with Gasteiger partial charge in [0.2, 0.25) is 0 Å². The van der Waals surface area contributed by atoms with Crippen molar-refractivity contribution in [3.63, 3.8) is 0 Å². The molecule has 0 saturated heterocycles. The molecule has 1 aromatic heterocycles. The second-order valence-corrected chi connectivity index (χ2v) is 6.48. The highest BCUT2D eigenvalue weighted by Crippen LogP contribution is 2.34. The summed E-state index contributed by atoms with van der Waals surface area (Å²) in [7, 11) is 3.63. The van der Waals surface area contributed by atoms with E-state index in [9.17, 15) is 0 Å². The van der Waals surface area contributed by atoms with Crippen LogP contribution < -0.4 is 10.1 Å². The van der Waals surface area contributed by atoms with Crippen LogP contribution in [0, 0.1) is 0 Å². The average molecular weight is 417 g/mol. The summed E-state index contributed by atoms with van der Waals surface area (Å²) in [5, 5.41) is 7.81. The molecule has 0 aliphatic rings. The maximum atomic E-state index is 5.49. The van der Waals surface area contributed by atoms with Gasteiger partial charge in [-0.3, -0.25) is 4.68 Å². The summed E-state index contributed by atoms with van der Waals surface area (Å²) in [5.74, 6) is 0.803. The van der Waals surface area contributed by atoms with Crippen molar-refractivity contribution in [2.45, 2.75) is 25.9 Å². The highest BCUT2D eigenvalue weighted by atomic mass is 79.9. The predicted molar refractivity (Wildman–Crippen MR) is 91.8 cm³/mol. The molecule has 1 heterocycles. The monoisotopic (exact) mass is 415 g/mol. The third-order valence-electron chi connectivity index (χ3n) is 3.34. The van der Waals surface area contributed by atoms with Gasteiger partial charge in [-0.05, 0) is 31.2 Å². The van der Waals surface area contributed by atoms with Crippen molar-refractivity contribution in [3.8, 4) is 5.75 Å². The summed E-state index contributed by atoms with van der Waals surface area (Å²) in [5.41, 5.74) is 2.20.